The lowest BCUT2D eigenvalue weighted by molar-refractivity contribution is 0.552. The summed E-state index contributed by atoms with van der Waals surface area (Å²) in [5, 5.41) is 0.566. The van der Waals surface area contributed by atoms with Crippen molar-refractivity contribution >= 4 is 21.8 Å². The van der Waals surface area contributed by atoms with Gasteiger partial charge in [-0.1, -0.05) is 6.07 Å². The first kappa shape index (κ1) is 16.8. The molecule has 6 heteroatoms. The second kappa shape index (κ2) is 6.69. The second-order valence-corrected chi connectivity index (χ2v) is 8.56. The lowest BCUT2D eigenvalue weighted by Gasteiger charge is -2.16. The van der Waals surface area contributed by atoms with Gasteiger partial charge in [-0.25, -0.2) is 13.1 Å². The Bertz CT molecular complexity index is 614. The lowest BCUT2D eigenvalue weighted by atomic mass is 10.1. The van der Waals surface area contributed by atoms with Gasteiger partial charge in [-0.2, -0.15) is 11.8 Å². The van der Waals surface area contributed by atoms with Crippen LogP contribution in [0.25, 0.3) is 0 Å². The average molecular weight is 329 g/mol. The summed E-state index contributed by atoms with van der Waals surface area (Å²) in [7, 11) is -3.47. The molecule has 0 aromatic heterocycles. The summed E-state index contributed by atoms with van der Waals surface area (Å²) in [6, 6.07) is 3.67. The molecule has 118 valence electrons. The quantitative estimate of drug-likeness (QED) is 0.870. The van der Waals surface area contributed by atoms with Crippen molar-refractivity contribution in [3.05, 3.63) is 28.8 Å². The number of benzene rings is 1. The molecule has 21 heavy (non-hydrogen) atoms. The van der Waals surface area contributed by atoms with Crippen LogP contribution in [0.4, 0.5) is 0 Å². The number of aryl methyl sites for hydroxylation is 2. The maximum absolute atomic E-state index is 12.6. The number of hydrogen-bond donors (Lipinski definition) is 2. The van der Waals surface area contributed by atoms with E-state index in [1.165, 1.54) is 0 Å². The highest BCUT2D eigenvalue weighted by Gasteiger charge is 2.29. The number of hydrogen-bond acceptors (Lipinski definition) is 4. The van der Waals surface area contributed by atoms with Crippen LogP contribution in [0, 0.1) is 13.8 Å². The SMILES string of the molecule is CSC1CCC(NS(=O)(=O)c2cc(CN)c(C)cc2C)C1. The van der Waals surface area contributed by atoms with Crippen LogP contribution >= 0.6 is 11.8 Å². The summed E-state index contributed by atoms with van der Waals surface area (Å²) < 4.78 is 28.1. The van der Waals surface area contributed by atoms with Crippen LogP contribution in [-0.2, 0) is 16.6 Å². The minimum absolute atomic E-state index is 0.0504. The Morgan fingerprint density at radius 2 is 2.00 bits per heavy atom. The summed E-state index contributed by atoms with van der Waals surface area (Å²) in [4.78, 5) is 0.362. The van der Waals surface area contributed by atoms with Gasteiger partial charge in [0, 0.05) is 17.8 Å². The summed E-state index contributed by atoms with van der Waals surface area (Å²) in [5.74, 6) is 0. The van der Waals surface area contributed by atoms with Crippen LogP contribution in [-0.4, -0.2) is 26.0 Å². The topological polar surface area (TPSA) is 72.2 Å². The number of nitrogens with one attached hydrogen (secondary N) is 1. The first-order valence-corrected chi connectivity index (χ1v) is 9.99. The van der Waals surface area contributed by atoms with Crippen LogP contribution in [0.2, 0.25) is 0 Å². The third-order valence-corrected chi connectivity index (χ3v) is 6.94. The van der Waals surface area contributed by atoms with E-state index in [0.29, 0.717) is 16.7 Å². The Kier molecular flexibility index (Phi) is 5.35. The molecule has 0 spiro atoms. The zero-order valence-electron chi connectivity index (χ0n) is 12.8. The van der Waals surface area contributed by atoms with Crippen LogP contribution < -0.4 is 10.5 Å². The molecule has 4 nitrogen and oxygen atoms in total. The molecule has 1 aliphatic rings. The Morgan fingerprint density at radius 3 is 2.57 bits per heavy atom. The molecule has 0 heterocycles. The Hall–Kier alpha value is -0.560. The van der Waals surface area contributed by atoms with Crippen molar-refractivity contribution in [1.82, 2.24) is 4.72 Å². The first-order chi connectivity index (χ1) is 9.87. The monoisotopic (exact) mass is 328 g/mol. The molecule has 1 aromatic carbocycles. The van der Waals surface area contributed by atoms with Gasteiger partial charge in [0.2, 0.25) is 10.0 Å². The number of rotatable bonds is 5. The minimum atomic E-state index is -3.47. The van der Waals surface area contributed by atoms with E-state index >= 15 is 0 Å². The molecule has 2 atom stereocenters. The Morgan fingerprint density at radius 1 is 1.29 bits per heavy atom. The number of thioether (sulfide) groups is 1. The third kappa shape index (κ3) is 3.80. The summed E-state index contributed by atoms with van der Waals surface area (Å²) >= 11 is 1.82. The van der Waals surface area contributed by atoms with Crippen molar-refractivity contribution in [1.29, 1.82) is 0 Å². The molecule has 0 saturated heterocycles. The number of nitrogens with two attached hydrogens (primary N) is 1. The highest BCUT2D eigenvalue weighted by molar-refractivity contribution is 7.99. The highest BCUT2D eigenvalue weighted by Crippen LogP contribution is 2.29. The van der Waals surface area contributed by atoms with Crippen LogP contribution in [0.5, 0.6) is 0 Å². The highest BCUT2D eigenvalue weighted by atomic mass is 32.2. The molecule has 1 aromatic rings. The van der Waals surface area contributed by atoms with E-state index in [1.54, 1.807) is 6.07 Å². The van der Waals surface area contributed by atoms with E-state index in [0.717, 1.165) is 36.0 Å². The van der Waals surface area contributed by atoms with Gasteiger partial charge < -0.3 is 5.73 Å². The Balaban J connectivity index is 2.24. The van der Waals surface area contributed by atoms with E-state index in [9.17, 15) is 8.42 Å². The molecule has 1 fully saturated rings. The van der Waals surface area contributed by atoms with Crippen LogP contribution in [0.15, 0.2) is 17.0 Å². The smallest absolute Gasteiger partial charge is 0.241 e. The van der Waals surface area contributed by atoms with Gasteiger partial charge in [-0.05, 0) is 62.1 Å². The fourth-order valence-corrected chi connectivity index (χ4v) is 5.28. The van der Waals surface area contributed by atoms with Crippen molar-refractivity contribution in [3.63, 3.8) is 0 Å². The summed E-state index contributed by atoms with van der Waals surface area (Å²) in [6.07, 6.45) is 4.99. The zero-order chi connectivity index (χ0) is 15.6. The third-order valence-electron chi connectivity index (χ3n) is 4.18. The minimum Gasteiger partial charge on any atom is -0.326 e. The van der Waals surface area contributed by atoms with Crippen molar-refractivity contribution in [3.8, 4) is 0 Å². The van der Waals surface area contributed by atoms with E-state index in [2.05, 4.69) is 11.0 Å². The lowest BCUT2D eigenvalue weighted by Crippen LogP contribution is -2.33. The van der Waals surface area contributed by atoms with Crippen molar-refractivity contribution in [2.45, 2.75) is 55.8 Å². The van der Waals surface area contributed by atoms with Gasteiger partial charge in [0.15, 0.2) is 0 Å². The normalized spacial score (nSPS) is 22.7. The molecular formula is C15H24N2O2S2. The van der Waals surface area contributed by atoms with E-state index in [1.807, 2.05) is 31.7 Å². The van der Waals surface area contributed by atoms with Gasteiger partial charge in [0.25, 0.3) is 0 Å². The molecule has 2 unspecified atom stereocenters. The predicted molar refractivity (Wildman–Crippen MR) is 89.1 cm³/mol. The van der Waals surface area contributed by atoms with Gasteiger partial charge in [-0.15, -0.1) is 0 Å². The summed E-state index contributed by atoms with van der Waals surface area (Å²) in [6.45, 7) is 4.15. The average Bonchev–Trinajstić information content (AvgIpc) is 2.85. The van der Waals surface area contributed by atoms with E-state index in [4.69, 9.17) is 5.73 Å². The molecule has 0 aliphatic heterocycles. The molecule has 2 rings (SSSR count). The van der Waals surface area contributed by atoms with Gasteiger partial charge in [0.05, 0.1) is 4.90 Å². The fraction of sp³-hybridized carbons (Fsp3) is 0.600. The molecule has 1 saturated carbocycles. The van der Waals surface area contributed by atoms with Crippen molar-refractivity contribution in [2.24, 2.45) is 5.73 Å². The van der Waals surface area contributed by atoms with Crippen molar-refractivity contribution < 1.29 is 8.42 Å². The zero-order valence-corrected chi connectivity index (χ0v) is 14.5. The van der Waals surface area contributed by atoms with Crippen molar-refractivity contribution in [2.75, 3.05) is 6.26 Å². The van der Waals surface area contributed by atoms with Gasteiger partial charge in [-0.3, -0.25) is 0 Å². The predicted octanol–water partition coefficient (Wildman–Crippen LogP) is 2.32. The number of sulfonamides is 1. The van der Waals surface area contributed by atoms with Crippen LogP contribution in [0.3, 0.4) is 0 Å². The maximum Gasteiger partial charge on any atom is 0.241 e. The van der Waals surface area contributed by atoms with Gasteiger partial charge >= 0.3 is 0 Å². The Labute approximate surface area is 131 Å². The molecule has 0 radical (unpaired) electrons. The van der Waals surface area contributed by atoms with E-state index < -0.39 is 10.0 Å². The second-order valence-electron chi connectivity index (χ2n) is 5.74. The maximum atomic E-state index is 12.6. The molecule has 0 amide bonds. The first-order valence-electron chi connectivity index (χ1n) is 7.22. The summed E-state index contributed by atoms with van der Waals surface area (Å²) in [5.41, 5.74) is 8.39. The molecule has 3 N–H and O–H groups in total. The van der Waals surface area contributed by atoms with Gasteiger partial charge in [0.1, 0.15) is 0 Å². The largest absolute Gasteiger partial charge is 0.326 e. The molecular weight excluding hydrogens is 304 g/mol. The fourth-order valence-electron chi connectivity index (χ4n) is 2.93. The molecule has 1 aliphatic carbocycles. The standard InChI is InChI=1S/C15H24N2O2S2/c1-10-6-11(2)15(7-12(10)9-16)21(18,19)17-13-4-5-14(8-13)20-3/h6-7,13-14,17H,4-5,8-9,16H2,1-3H3. The van der Waals surface area contributed by atoms with Crippen LogP contribution in [0.1, 0.15) is 36.0 Å². The van der Waals surface area contributed by atoms with E-state index in [-0.39, 0.29) is 6.04 Å². The molecule has 0 bridgehead atoms.